The van der Waals surface area contributed by atoms with Crippen molar-refractivity contribution in [1.82, 2.24) is 0 Å². The Morgan fingerprint density at radius 3 is 1.52 bits per heavy atom. The molecule has 1 heterocycles. The van der Waals surface area contributed by atoms with Crippen LogP contribution in [0.5, 0.6) is 0 Å². The minimum atomic E-state index is 0.865. The van der Waals surface area contributed by atoms with Crippen molar-refractivity contribution in [3.05, 3.63) is 200 Å². The highest BCUT2D eigenvalue weighted by Crippen LogP contribution is 2.49. The monoisotopic (exact) mass is 663 g/mol. The zero-order valence-corrected chi connectivity index (χ0v) is 28.4. The number of hydrogen-bond donors (Lipinski definition) is 0. The third kappa shape index (κ3) is 5.12. The molecule has 0 aliphatic carbocycles. The van der Waals surface area contributed by atoms with Gasteiger partial charge in [0.2, 0.25) is 0 Å². The van der Waals surface area contributed by atoms with Crippen LogP contribution in [-0.2, 0) is 0 Å². The quantitative estimate of drug-likeness (QED) is 0.176. The first kappa shape index (κ1) is 30.0. The van der Waals surface area contributed by atoms with E-state index in [0.29, 0.717) is 0 Å². The average molecular weight is 664 g/mol. The molecule has 0 saturated heterocycles. The Labute approximate surface area is 302 Å². The van der Waals surface area contributed by atoms with Gasteiger partial charge in [-0.1, -0.05) is 164 Å². The molecule has 9 aromatic carbocycles. The summed E-state index contributed by atoms with van der Waals surface area (Å²) in [7, 11) is 0. The second kappa shape index (κ2) is 12.5. The first-order valence-electron chi connectivity index (χ1n) is 17.8. The van der Waals surface area contributed by atoms with Gasteiger partial charge in [-0.25, -0.2) is 0 Å². The molecule has 0 N–H and O–H groups in total. The van der Waals surface area contributed by atoms with Crippen LogP contribution in [0.25, 0.3) is 76.9 Å². The summed E-state index contributed by atoms with van der Waals surface area (Å²) in [6.45, 7) is 0. The lowest BCUT2D eigenvalue weighted by Crippen LogP contribution is -2.11. The Bertz CT molecular complexity index is 2790. The van der Waals surface area contributed by atoms with Crippen LogP contribution in [0.3, 0.4) is 0 Å². The van der Waals surface area contributed by atoms with Crippen LogP contribution < -0.4 is 4.90 Å². The summed E-state index contributed by atoms with van der Waals surface area (Å²) >= 11 is 0. The summed E-state index contributed by atoms with van der Waals surface area (Å²) < 4.78 is 6.95. The van der Waals surface area contributed by atoms with Crippen molar-refractivity contribution >= 4 is 60.5 Å². The molecule has 0 unspecified atom stereocenters. The molecule has 0 atom stereocenters. The molecule has 1 aromatic heterocycles. The Morgan fingerprint density at radius 1 is 0.346 bits per heavy atom. The minimum Gasteiger partial charge on any atom is -0.455 e. The summed E-state index contributed by atoms with van der Waals surface area (Å²) in [6, 6.07) is 71.6. The van der Waals surface area contributed by atoms with Gasteiger partial charge in [0.05, 0.1) is 11.1 Å². The number of anilines is 3. The number of rotatable bonds is 6. The molecule has 0 spiro atoms. The van der Waals surface area contributed by atoms with Crippen molar-refractivity contribution in [1.29, 1.82) is 0 Å². The molecule has 0 bridgehead atoms. The van der Waals surface area contributed by atoms with Gasteiger partial charge in [-0.05, 0) is 80.4 Å². The molecule has 0 amide bonds. The lowest BCUT2D eigenvalue weighted by Gasteiger charge is -2.28. The molecule has 0 aliphatic heterocycles. The maximum Gasteiger partial charge on any atom is 0.143 e. The van der Waals surface area contributed by atoms with Crippen LogP contribution in [0.1, 0.15) is 0 Å². The molecule has 0 fully saturated rings. The van der Waals surface area contributed by atoms with Crippen molar-refractivity contribution in [2.24, 2.45) is 0 Å². The van der Waals surface area contributed by atoms with Gasteiger partial charge >= 0.3 is 0 Å². The largest absolute Gasteiger partial charge is 0.455 e. The zero-order valence-electron chi connectivity index (χ0n) is 28.4. The summed E-state index contributed by atoms with van der Waals surface area (Å²) in [6.07, 6.45) is 0. The standard InChI is InChI=1S/C50H33NO/c1-3-12-34(13-4-1)37-24-28-42(29-25-37)51(43-30-26-38(27-31-43)35-14-5-2-6-15-35)49-44-19-10-9-18-40(44)33-47-48(49)46-21-11-20-45(50(46)52-47)41-23-22-36-16-7-8-17-39(36)32-41/h1-33H. The highest BCUT2D eigenvalue weighted by Gasteiger charge is 2.24. The number of nitrogens with zero attached hydrogens (tertiary/aromatic N) is 1. The van der Waals surface area contributed by atoms with Crippen LogP contribution >= 0.6 is 0 Å². The lowest BCUT2D eigenvalue weighted by atomic mass is 9.97. The number of benzene rings is 9. The maximum absolute atomic E-state index is 6.95. The molecular weight excluding hydrogens is 631 g/mol. The molecular formula is C50H33NO. The Kier molecular flexibility index (Phi) is 7.18. The van der Waals surface area contributed by atoms with E-state index in [2.05, 4.69) is 205 Å². The number of hydrogen-bond acceptors (Lipinski definition) is 2. The zero-order chi connectivity index (χ0) is 34.4. The highest BCUT2D eigenvalue weighted by molar-refractivity contribution is 6.23. The fraction of sp³-hybridized carbons (Fsp3) is 0. The SMILES string of the molecule is c1ccc(-c2ccc(N(c3ccc(-c4ccccc4)cc3)c3c4ccccc4cc4oc5c(-c6ccc7ccccc7c6)cccc5c34)cc2)cc1. The topological polar surface area (TPSA) is 16.4 Å². The second-order valence-corrected chi connectivity index (χ2v) is 13.3. The Hall–Kier alpha value is -6.90. The van der Waals surface area contributed by atoms with Crippen molar-refractivity contribution < 1.29 is 4.42 Å². The maximum atomic E-state index is 6.95. The molecule has 0 aliphatic rings. The van der Waals surface area contributed by atoms with Crippen LogP contribution in [0.2, 0.25) is 0 Å². The number of furan rings is 1. The predicted molar refractivity (Wildman–Crippen MR) is 220 cm³/mol. The summed E-state index contributed by atoms with van der Waals surface area (Å²) in [5.41, 5.74) is 12.0. The molecule has 10 aromatic rings. The lowest BCUT2D eigenvalue weighted by molar-refractivity contribution is 0.670. The van der Waals surface area contributed by atoms with Gasteiger partial charge in [0.1, 0.15) is 11.2 Å². The van der Waals surface area contributed by atoms with Crippen LogP contribution in [0.15, 0.2) is 205 Å². The van der Waals surface area contributed by atoms with Gasteiger partial charge in [0, 0.05) is 27.7 Å². The van der Waals surface area contributed by atoms with Crippen molar-refractivity contribution in [2.75, 3.05) is 4.90 Å². The molecule has 0 radical (unpaired) electrons. The Morgan fingerprint density at radius 2 is 0.865 bits per heavy atom. The van der Waals surface area contributed by atoms with E-state index in [0.717, 1.165) is 60.9 Å². The van der Waals surface area contributed by atoms with E-state index in [4.69, 9.17) is 4.42 Å². The molecule has 0 saturated carbocycles. The third-order valence-electron chi connectivity index (χ3n) is 10.2. The fourth-order valence-electron chi connectivity index (χ4n) is 7.69. The number of para-hydroxylation sites is 1. The molecule has 2 nitrogen and oxygen atoms in total. The van der Waals surface area contributed by atoms with Crippen molar-refractivity contribution in [3.63, 3.8) is 0 Å². The van der Waals surface area contributed by atoms with Gasteiger partial charge in [-0.2, -0.15) is 0 Å². The van der Waals surface area contributed by atoms with Crippen LogP contribution in [0.4, 0.5) is 17.1 Å². The minimum absolute atomic E-state index is 0.865. The highest BCUT2D eigenvalue weighted by atomic mass is 16.3. The molecule has 244 valence electrons. The summed E-state index contributed by atoms with van der Waals surface area (Å²) in [5, 5.41) is 6.91. The van der Waals surface area contributed by atoms with E-state index in [9.17, 15) is 0 Å². The predicted octanol–water partition coefficient (Wildman–Crippen LogP) is 14.4. The number of fused-ring (bicyclic) bond motifs is 5. The van der Waals surface area contributed by atoms with Gasteiger partial charge in [-0.15, -0.1) is 0 Å². The van der Waals surface area contributed by atoms with E-state index < -0.39 is 0 Å². The first-order valence-corrected chi connectivity index (χ1v) is 17.8. The summed E-state index contributed by atoms with van der Waals surface area (Å²) in [4.78, 5) is 2.41. The van der Waals surface area contributed by atoms with Crippen molar-refractivity contribution in [3.8, 4) is 33.4 Å². The van der Waals surface area contributed by atoms with E-state index in [1.165, 1.54) is 33.0 Å². The third-order valence-corrected chi connectivity index (χ3v) is 10.2. The average Bonchev–Trinajstić information content (AvgIpc) is 3.60. The second-order valence-electron chi connectivity index (χ2n) is 13.3. The Balaban J connectivity index is 1.23. The van der Waals surface area contributed by atoms with Gasteiger partial charge < -0.3 is 9.32 Å². The normalized spacial score (nSPS) is 11.5. The smallest absolute Gasteiger partial charge is 0.143 e. The van der Waals surface area contributed by atoms with Crippen LogP contribution in [0, 0.1) is 0 Å². The van der Waals surface area contributed by atoms with Gasteiger partial charge in [0.15, 0.2) is 0 Å². The molecule has 52 heavy (non-hydrogen) atoms. The van der Waals surface area contributed by atoms with E-state index in [1.807, 2.05) is 0 Å². The van der Waals surface area contributed by atoms with E-state index in [1.54, 1.807) is 0 Å². The van der Waals surface area contributed by atoms with E-state index in [-0.39, 0.29) is 0 Å². The van der Waals surface area contributed by atoms with E-state index >= 15 is 0 Å². The van der Waals surface area contributed by atoms with Gasteiger partial charge in [0.25, 0.3) is 0 Å². The summed E-state index contributed by atoms with van der Waals surface area (Å²) in [5.74, 6) is 0. The molecule has 2 heteroatoms. The fourth-order valence-corrected chi connectivity index (χ4v) is 7.69. The van der Waals surface area contributed by atoms with Crippen molar-refractivity contribution in [2.45, 2.75) is 0 Å². The van der Waals surface area contributed by atoms with Gasteiger partial charge in [-0.3, -0.25) is 0 Å². The first-order chi connectivity index (χ1) is 25.8. The molecule has 10 rings (SSSR count). The van der Waals surface area contributed by atoms with Crippen LogP contribution in [-0.4, -0.2) is 0 Å².